The number of carbonyl (C=O) groups excluding carboxylic acids is 1. The van der Waals surface area contributed by atoms with E-state index in [0.717, 1.165) is 18.6 Å². The Morgan fingerprint density at radius 2 is 2.08 bits per heavy atom. The second-order valence-corrected chi connectivity index (χ2v) is 9.22. The van der Waals surface area contributed by atoms with Gasteiger partial charge in [-0.25, -0.2) is 12.7 Å². The lowest BCUT2D eigenvalue weighted by Gasteiger charge is -2.31. The molecule has 1 aromatic rings. The Balaban J connectivity index is 1.75. The number of piperidine rings is 1. The van der Waals surface area contributed by atoms with E-state index in [1.54, 1.807) is 11.8 Å². The van der Waals surface area contributed by atoms with E-state index in [9.17, 15) is 13.2 Å². The summed E-state index contributed by atoms with van der Waals surface area (Å²) in [5.74, 6) is 0.710. The molecule has 1 heterocycles. The van der Waals surface area contributed by atoms with Gasteiger partial charge in [0.25, 0.3) is 0 Å². The first-order valence-corrected chi connectivity index (χ1v) is 11.1. The standard InChI is InChI=1S/C17H26N2O3S2/c1-2-13-24(21,22)19-11-6-7-15(14-19)17(20)18-10-12-23-16-8-4-3-5-9-16/h3-5,8-9,15H,2,6-7,10-14H2,1H3,(H,18,20)/t15-/m1/s1. The van der Waals surface area contributed by atoms with Crippen LogP contribution in [0.1, 0.15) is 26.2 Å². The largest absolute Gasteiger partial charge is 0.355 e. The number of rotatable bonds is 8. The molecule has 134 valence electrons. The summed E-state index contributed by atoms with van der Waals surface area (Å²) in [6.07, 6.45) is 2.11. The van der Waals surface area contributed by atoms with Gasteiger partial charge in [0.2, 0.25) is 15.9 Å². The fourth-order valence-corrected chi connectivity index (χ4v) is 5.18. The minimum atomic E-state index is -3.21. The van der Waals surface area contributed by atoms with Gasteiger partial charge in [-0.1, -0.05) is 25.1 Å². The number of hydrogen-bond acceptors (Lipinski definition) is 4. The third-order valence-corrected chi connectivity index (χ3v) is 7.08. The summed E-state index contributed by atoms with van der Waals surface area (Å²) < 4.78 is 25.8. The second-order valence-electron chi connectivity index (χ2n) is 5.97. The summed E-state index contributed by atoms with van der Waals surface area (Å²) in [5, 5.41) is 2.95. The van der Waals surface area contributed by atoms with Gasteiger partial charge in [0.1, 0.15) is 0 Å². The Kier molecular flexibility index (Phi) is 7.58. The molecule has 1 atom stereocenters. The van der Waals surface area contributed by atoms with Crippen LogP contribution in [0.25, 0.3) is 0 Å². The maximum Gasteiger partial charge on any atom is 0.224 e. The molecule has 0 spiro atoms. The number of benzene rings is 1. The number of sulfonamides is 1. The first-order chi connectivity index (χ1) is 11.5. The number of nitrogens with one attached hydrogen (secondary N) is 1. The van der Waals surface area contributed by atoms with Crippen molar-refractivity contribution in [3.05, 3.63) is 30.3 Å². The van der Waals surface area contributed by atoms with Gasteiger partial charge in [-0.2, -0.15) is 0 Å². The minimum Gasteiger partial charge on any atom is -0.355 e. The van der Waals surface area contributed by atoms with Crippen LogP contribution in [0, 0.1) is 5.92 Å². The van der Waals surface area contributed by atoms with Gasteiger partial charge in [0, 0.05) is 30.3 Å². The monoisotopic (exact) mass is 370 g/mol. The van der Waals surface area contributed by atoms with Crippen molar-refractivity contribution in [2.75, 3.05) is 31.1 Å². The van der Waals surface area contributed by atoms with Crippen LogP contribution in [0.2, 0.25) is 0 Å². The maximum atomic E-state index is 12.3. The quantitative estimate of drug-likeness (QED) is 0.563. The van der Waals surface area contributed by atoms with Crippen LogP contribution in [0.4, 0.5) is 0 Å². The van der Waals surface area contributed by atoms with Crippen LogP contribution in [-0.2, 0) is 14.8 Å². The van der Waals surface area contributed by atoms with Crippen LogP contribution >= 0.6 is 11.8 Å². The Labute approximate surface area is 149 Å². The van der Waals surface area contributed by atoms with Gasteiger partial charge < -0.3 is 5.32 Å². The number of hydrogen-bond donors (Lipinski definition) is 1. The normalized spacial score (nSPS) is 19.1. The van der Waals surface area contributed by atoms with Crippen molar-refractivity contribution in [2.24, 2.45) is 5.92 Å². The second kappa shape index (κ2) is 9.44. The van der Waals surface area contributed by atoms with Crippen LogP contribution in [0.15, 0.2) is 35.2 Å². The molecule has 0 radical (unpaired) electrons. The molecule has 0 bridgehead atoms. The lowest BCUT2D eigenvalue weighted by atomic mass is 9.99. The van der Waals surface area contributed by atoms with Gasteiger partial charge >= 0.3 is 0 Å². The molecule has 1 aliphatic heterocycles. The molecule has 1 saturated heterocycles. The molecule has 1 fully saturated rings. The summed E-state index contributed by atoms with van der Waals surface area (Å²) in [6.45, 7) is 3.31. The molecule has 2 rings (SSSR count). The van der Waals surface area contributed by atoms with Crippen LogP contribution in [0.3, 0.4) is 0 Å². The van der Waals surface area contributed by atoms with Crippen molar-refractivity contribution in [1.82, 2.24) is 9.62 Å². The molecule has 1 aromatic carbocycles. The van der Waals surface area contributed by atoms with Gasteiger partial charge in [0.15, 0.2) is 0 Å². The van der Waals surface area contributed by atoms with E-state index in [4.69, 9.17) is 0 Å². The average Bonchev–Trinajstić information content (AvgIpc) is 2.59. The van der Waals surface area contributed by atoms with Gasteiger partial charge in [-0.05, 0) is 31.4 Å². The van der Waals surface area contributed by atoms with Crippen LogP contribution < -0.4 is 5.32 Å². The van der Waals surface area contributed by atoms with Gasteiger partial charge in [0.05, 0.1) is 11.7 Å². The minimum absolute atomic E-state index is 0.0277. The van der Waals surface area contributed by atoms with E-state index >= 15 is 0 Å². The van der Waals surface area contributed by atoms with E-state index in [-0.39, 0.29) is 17.6 Å². The molecular weight excluding hydrogens is 344 g/mol. The highest BCUT2D eigenvalue weighted by atomic mass is 32.2. The molecule has 5 nitrogen and oxygen atoms in total. The first kappa shape index (κ1) is 19.3. The molecule has 1 aliphatic rings. The summed E-state index contributed by atoms with van der Waals surface area (Å²) in [7, 11) is -3.21. The van der Waals surface area contributed by atoms with Gasteiger partial charge in [-0.15, -0.1) is 11.8 Å². The Morgan fingerprint density at radius 3 is 2.79 bits per heavy atom. The van der Waals surface area contributed by atoms with Crippen molar-refractivity contribution >= 4 is 27.7 Å². The lowest BCUT2D eigenvalue weighted by molar-refractivity contribution is -0.125. The third-order valence-electron chi connectivity index (χ3n) is 4.02. The van der Waals surface area contributed by atoms with Crippen LogP contribution in [0.5, 0.6) is 0 Å². The number of nitrogens with zero attached hydrogens (tertiary/aromatic N) is 1. The molecule has 24 heavy (non-hydrogen) atoms. The molecule has 0 saturated carbocycles. The SMILES string of the molecule is CCCS(=O)(=O)N1CCC[C@@H](C(=O)NCCSc2ccccc2)C1. The highest BCUT2D eigenvalue weighted by Crippen LogP contribution is 2.20. The number of carbonyl (C=O) groups is 1. The summed E-state index contributed by atoms with van der Waals surface area (Å²) >= 11 is 1.70. The molecule has 0 unspecified atom stereocenters. The third kappa shape index (κ3) is 5.79. The fraction of sp³-hybridized carbons (Fsp3) is 0.588. The maximum absolute atomic E-state index is 12.3. The highest BCUT2D eigenvalue weighted by molar-refractivity contribution is 7.99. The van der Waals surface area contributed by atoms with Crippen molar-refractivity contribution in [2.45, 2.75) is 31.1 Å². The zero-order valence-corrected chi connectivity index (χ0v) is 15.7. The number of thioether (sulfide) groups is 1. The Bertz CT molecular complexity index is 620. The van der Waals surface area contributed by atoms with E-state index < -0.39 is 10.0 Å². The van der Waals surface area contributed by atoms with E-state index in [2.05, 4.69) is 5.32 Å². The average molecular weight is 371 g/mol. The van der Waals surface area contributed by atoms with Crippen molar-refractivity contribution in [3.63, 3.8) is 0 Å². The predicted molar refractivity (Wildman–Crippen MR) is 98.6 cm³/mol. The van der Waals surface area contributed by atoms with Gasteiger partial charge in [-0.3, -0.25) is 4.79 Å². The predicted octanol–water partition coefficient (Wildman–Crippen LogP) is 2.35. The molecule has 1 N–H and O–H groups in total. The molecular formula is C17H26N2O3S2. The fourth-order valence-electron chi connectivity index (χ4n) is 2.80. The van der Waals surface area contributed by atoms with Crippen LogP contribution in [-0.4, -0.2) is 49.8 Å². The van der Waals surface area contributed by atoms with E-state index in [0.29, 0.717) is 26.1 Å². The topological polar surface area (TPSA) is 66.5 Å². The summed E-state index contributed by atoms with van der Waals surface area (Å²) in [5.41, 5.74) is 0. The number of amides is 1. The Morgan fingerprint density at radius 1 is 1.33 bits per heavy atom. The van der Waals surface area contributed by atoms with Crippen molar-refractivity contribution in [1.29, 1.82) is 0 Å². The smallest absolute Gasteiger partial charge is 0.224 e. The zero-order valence-electron chi connectivity index (χ0n) is 14.1. The summed E-state index contributed by atoms with van der Waals surface area (Å²) in [4.78, 5) is 13.5. The van der Waals surface area contributed by atoms with Crippen molar-refractivity contribution in [3.8, 4) is 0 Å². The zero-order chi connectivity index (χ0) is 17.4. The molecule has 0 aliphatic carbocycles. The lowest BCUT2D eigenvalue weighted by Crippen LogP contribution is -2.46. The molecule has 0 aromatic heterocycles. The molecule has 7 heteroatoms. The van der Waals surface area contributed by atoms with E-state index in [1.807, 2.05) is 37.3 Å². The first-order valence-electron chi connectivity index (χ1n) is 8.46. The summed E-state index contributed by atoms with van der Waals surface area (Å²) in [6, 6.07) is 10.1. The molecule has 1 amide bonds. The Hall–Kier alpha value is -1.05. The van der Waals surface area contributed by atoms with Crippen molar-refractivity contribution < 1.29 is 13.2 Å². The highest BCUT2D eigenvalue weighted by Gasteiger charge is 2.31. The van der Waals surface area contributed by atoms with E-state index in [1.165, 1.54) is 9.20 Å².